The van der Waals surface area contributed by atoms with Crippen molar-refractivity contribution in [3.63, 3.8) is 0 Å². The number of halogens is 2. The molecule has 0 aliphatic carbocycles. The van der Waals surface area contributed by atoms with Crippen LogP contribution in [0.2, 0.25) is 0 Å². The maximum atomic E-state index is 12.8. The number of carbonyl (C=O) groups excluding carboxylic acids is 1. The molecule has 0 radical (unpaired) electrons. The Hall–Kier alpha value is -2.43. The highest BCUT2D eigenvalue weighted by Crippen LogP contribution is 2.21. The lowest BCUT2D eigenvalue weighted by molar-refractivity contribution is 0.0978. The molecule has 2 aromatic rings. The molecule has 0 aliphatic rings. The second kappa shape index (κ2) is 8.79. The van der Waals surface area contributed by atoms with Gasteiger partial charge in [0.15, 0.2) is 5.76 Å². The zero-order valence-corrected chi connectivity index (χ0v) is 15.5. The van der Waals surface area contributed by atoms with Crippen molar-refractivity contribution in [3.8, 4) is 0 Å². The van der Waals surface area contributed by atoms with Gasteiger partial charge in [0.1, 0.15) is 0 Å². The number of carbonyl (C=O) groups is 1. The van der Waals surface area contributed by atoms with Gasteiger partial charge in [0, 0.05) is 5.56 Å². The highest BCUT2D eigenvalue weighted by Gasteiger charge is 2.24. The fraction of sp³-hybridized carbons (Fsp3) is 0.286. The van der Waals surface area contributed by atoms with Crippen LogP contribution in [0.3, 0.4) is 0 Å². The first kappa shape index (κ1) is 19.9. The van der Waals surface area contributed by atoms with E-state index in [0.29, 0.717) is 23.0 Å². The van der Waals surface area contributed by atoms with E-state index in [9.17, 15) is 13.4 Å². The fourth-order valence-electron chi connectivity index (χ4n) is 2.54. The summed E-state index contributed by atoms with van der Waals surface area (Å²) in [5.41, 5.74) is 3.16. The summed E-state index contributed by atoms with van der Waals surface area (Å²) >= 11 is 0. The van der Waals surface area contributed by atoms with Gasteiger partial charge in [0.05, 0.1) is 0 Å². The molecule has 0 aromatic heterocycles. The number of ketones is 1. The maximum absolute atomic E-state index is 12.8. The monoisotopic (exact) mass is 356 g/mol. The summed E-state index contributed by atoms with van der Waals surface area (Å²) in [5.74, 6) is -0.236. The number of benzene rings is 2. The van der Waals surface area contributed by atoms with Crippen molar-refractivity contribution < 1.29 is 18.1 Å². The van der Waals surface area contributed by atoms with Crippen LogP contribution in [0.5, 0.6) is 0 Å². The molecule has 0 saturated carbocycles. The summed E-state index contributed by atoms with van der Waals surface area (Å²) in [6, 6.07) is 14.4. The van der Waals surface area contributed by atoms with Crippen LogP contribution in [0.1, 0.15) is 66.6 Å². The third-order valence-electron chi connectivity index (χ3n) is 4.18. The Balaban J connectivity index is 2.31. The van der Waals surface area contributed by atoms with Crippen molar-refractivity contribution in [1.29, 1.82) is 0 Å². The molecule has 0 saturated heterocycles. The summed E-state index contributed by atoms with van der Waals surface area (Å²) in [5, 5.41) is 0. The van der Waals surface area contributed by atoms with Gasteiger partial charge in [-0.2, -0.15) is 0 Å². The second-order valence-electron chi connectivity index (χ2n) is 6.81. The minimum absolute atomic E-state index is 0.320. The number of allylic oxidation sites excluding steroid dienone is 1. The van der Waals surface area contributed by atoms with E-state index in [1.807, 2.05) is 38.1 Å². The van der Waals surface area contributed by atoms with E-state index in [0.717, 1.165) is 11.1 Å². The Labute approximate surface area is 154 Å². The van der Waals surface area contributed by atoms with Crippen molar-refractivity contribution in [2.24, 2.45) is 0 Å². The Kier molecular flexibility index (Phi) is 6.73. The lowest BCUT2D eigenvalue weighted by Gasteiger charge is -2.10. The Morgan fingerprint density at radius 2 is 1.35 bits per heavy atom. The van der Waals surface area contributed by atoms with E-state index in [-0.39, 0.29) is 5.76 Å². The zero-order chi connectivity index (χ0) is 19.3. The number of Topliss-reactive ketones (excluding diaryl/α,β-unsaturated/α-hetero) is 1. The van der Waals surface area contributed by atoms with E-state index in [4.69, 9.17) is 0 Å². The van der Waals surface area contributed by atoms with Crippen molar-refractivity contribution >= 4 is 19.3 Å². The van der Waals surface area contributed by atoms with Gasteiger partial charge in [-0.25, -0.2) is 8.63 Å². The third-order valence-corrected chi connectivity index (χ3v) is 4.18. The average Bonchev–Trinajstić information content (AvgIpc) is 2.60. The predicted molar refractivity (Wildman–Crippen MR) is 102 cm³/mol. The number of hydrogen-bond acceptors (Lipinski definition) is 2. The maximum Gasteiger partial charge on any atom is 0.796 e. The fourth-order valence-corrected chi connectivity index (χ4v) is 2.54. The molecule has 0 atom stereocenters. The molecule has 0 bridgehead atoms. The lowest BCUT2D eigenvalue weighted by atomic mass is 9.99. The van der Waals surface area contributed by atoms with E-state index in [1.54, 1.807) is 24.3 Å². The Bertz CT molecular complexity index is 764. The molecule has 0 fully saturated rings. The van der Waals surface area contributed by atoms with Crippen molar-refractivity contribution in [1.82, 2.24) is 0 Å². The van der Waals surface area contributed by atoms with Crippen LogP contribution in [-0.2, 0) is 4.65 Å². The largest absolute Gasteiger partial charge is 0.796 e. The molecule has 26 heavy (non-hydrogen) atoms. The molecule has 0 N–H and O–H groups in total. The van der Waals surface area contributed by atoms with Crippen LogP contribution < -0.4 is 0 Å². The number of rotatable bonds is 7. The van der Waals surface area contributed by atoms with Gasteiger partial charge in [0.25, 0.3) is 0 Å². The first-order valence-electron chi connectivity index (χ1n) is 8.69. The van der Waals surface area contributed by atoms with Crippen LogP contribution in [0.4, 0.5) is 8.63 Å². The summed E-state index contributed by atoms with van der Waals surface area (Å²) in [4.78, 5) is 12.6. The molecule has 0 spiro atoms. The van der Waals surface area contributed by atoms with Crippen molar-refractivity contribution in [2.75, 3.05) is 0 Å². The molecule has 0 amide bonds. The van der Waals surface area contributed by atoms with Gasteiger partial charge in [0.2, 0.25) is 5.78 Å². The van der Waals surface area contributed by atoms with E-state index in [2.05, 4.69) is 18.5 Å². The van der Waals surface area contributed by atoms with E-state index in [1.165, 1.54) is 6.08 Å². The van der Waals surface area contributed by atoms with Gasteiger partial charge < -0.3 is 4.65 Å². The smallest absolute Gasteiger partial charge is 0.502 e. The topological polar surface area (TPSA) is 26.3 Å². The molecule has 0 unspecified atom stereocenters. The molecule has 2 aromatic carbocycles. The average molecular weight is 356 g/mol. The van der Waals surface area contributed by atoms with Crippen LogP contribution in [-0.4, -0.2) is 13.3 Å². The second-order valence-corrected chi connectivity index (χ2v) is 6.81. The van der Waals surface area contributed by atoms with Gasteiger partial charge in [-0.3, -0.25) is 4.79 Å². The van der Waals surface area contributed by atoms with Gasteiger partial charge in [-0.05, 0) is 34.6 Å². The summed E-state index contributed by atoms with van der Waals surface area (Å²) in [6.07, 6.45) is 1.36. The summed E-state index contributed by atoms with van der Waals surface area (Å²) in [7, 11) is -3.06. The Morgan fingerprint density at radius 1 is 0.885 bits per heavy atom. The summed E-state index contributed by atoms with van der Waals surface area (Å²) < 4.78 is 30.1. The standard InChI is InChI=1S/C21H23BF2O2/c1-14(2)17-7-5-16(6-8-17)13-20(26-22(23)24)21(25)19-11-9-18(10-12-19)15(3)4/h5-15H,1-4H3/b20-13+. The van der Waals surface area contributed by atoms with Crippen LogP contribution >= 0.6 is 0 Å². The highest BCUT2D eigenvalue weighted by atomic mass is 19.2. The first-order chi connectivity index (χ1) is 12.3. The van der Waals surface area contributed by atoms with E-state index >= 15 is 0 Å². The molecular weight excluding hydrogens is 333 g/mol. The molecular formula is C21H23BF2O2. The summed E-state index contributed by atoms with van der Waals surface area (Å²) in [6.45, 7) is 8.23. The van der Waals surface area contributed by atoms with Crippen LogP contribution in [0.25, 0.3) is 6.08 Å². The molecule has 0 heterocycles. The molecule has 5 heteroatoms. The van der Waals surface area contributed by atoms with Crippen LogP contribution in [0, 0.1) is 0 Å². The van der Waals surface area contributed by atoms with Gasteiger partial charge >= 0.3 is 7.47 Å². The number of hydrogen-bond donors (Lipinski definition) is 0. The Morgan fingerprint density at radius 3 is 1.77 bits per heavy atom. The minimum atomic E-state index is -3.06. The minimum Gasteiger partial charge on any atom is -0.502 e. The third kappa shape index (κ3) is 5.28. The van der Waals surface area contributed by atoms with Gasteiger partial charge in [-0.1, -0.05) is 76.2 Å². The van der Waals surface area contributed by atoms with Crippen molar-refractivity contribution in [2.45, 2.75) is 39.5 Å². The molecule has 2 nitrogen and oxygen atoms in total. The lowest BCUT2D eigenvalue weighted by Crippen LogP contribution is -2.13. The van der Waals surface area contributed by atoms with Crippen LogP contribution in [0.15, 0.2) is 54.3 Å². The molecule has 136 valence electrons. The molecule has 0 aliphatic heterocycles. The first-order valence-corrected chi connectivity index (χ1v) is 8.69. The molecule has 2 rings (SSSR count). The quantitative estimate of drug-likeness (QED) is 0.259. The van der Waals surface area contributed by atoms with Crippen molar-refractivity contribution in [3.05, 3.63) is 76.5 Å². The normalized spacial score (nSPS) is 11.8. The van der Waals surface area contributed by atoms with E-state index < -0.39 is 13.3 Å². The SMILES string of the molecule is CC(C)c1ccc(/C=C(/OB(F)F)C(=O)c2ccc(C(C)C)cc2)cc1. The zero-order valence-electron chi connectivity index (χ0n) is 15.5. The highest BCUT2D eigenvalue weighted by molar-refractivity contribution is 6.36. The predicted octanol–water partition coefficient (Wildman–Crippen LogP) is 6.10. The van der Waals surface area contributed by atoms with Gasteiger partial charge in [-0.15, -0.1) is 0 Å².